The van der Waals surface area contributed by atoms with Crippen LogP contribution in [0.4, 0.5) is 4.39 Å². The van der Waals surface area contributed by atoms with E-state index in [2.05, 4.69) is 21.9 Å². The second-order valence-corrected chi connectivity index (χ2v) is 6.84. The molecule has 1 saturated heterocycles. The fraction of sp³-hybridized carbons (Fsp3) is 0.350. The molecule has 0 radical (unpaired) electrons. The predicted molar refractivity (Wildman–Crippen MR) is 105 cm³/mol. The summed E-state index contributed by atoms with van der Waals surface area (Å²) in [5, 5.41) is 10.3. The third kappa shape index (κ3) is 4.08. The molecule has 0 spiro atoms. The first-order valence-corrected chi connectivity index (χ1v) is 8.88. The van der Waals surface area contributed by atoms with Gasteiger partial charge in [-0.15, -0.1) is 12.4 Å². The zero-order chi connectivity index (χ0) is 18.1. The first-order chi connectivity index (χ1) is 12.6. The molecule has 1 fully saturated rings. The number of aromatic amines is 1. The maximum atomic E-state index is 13.9. The summed E-state index contributed by atoms with van der Waals surface area (Å²) >= 11 is 0. The Labute approximate surface area is 163 Å². The third-order valence-electron chi connectivity index (χ3n) is 4.95. The van der Waals surface area contributed by atoms with Crippen LogP contribution in [-0.2, 0) is 4.74 Å². The van der Waals surface area contributed by atoms with E-state index in [1.54, 1.807) is 12.1 Å². The van der Waals surface area contributed by atoms with Gasteiger partial charge in [0.1, 0.15) is 11.9 Å². The van der Waals surface area contributed by atoms with Crippen molar-refractivity contribution in [2.45, 2.75) is 25.0 Å². The summed E-state index contributed by atoms with van der Waals surface area (Å²) in [6, 6.07) is 12.2. The van der Waals surface area contributed by atoms with Crippen LogP contribution < -0.4 is 0 Å². The van der Waals surface area contributed by atoms with Crippen LogP contribution in [0, 0.1) is 5.82 Å². The van der Waals surface area contributed by atoms with Crippen LogP contribution in [0.25, 0.3) is 11.0 Å². The first kappa shape index (κ1) is 19.6. The van der Waals surface area contributed by atoms with Gasteiger partial charge in [-0.3, -0.25) is 0 Å². The van der Waals surface area contributed by atoms with E-state index < -0.39 is 11.9 Å². The highest BCUT2D eigenvalue weighted by molar-refractivity contribution is 5.85. The van der Waals surface area contributed by atoms with Gasteiger partial charge in [0, 0.05) is 18.7 Å². The lowest BCUT2D eigenvalue weighted by Crippen LogP contribution is -2.35. The average Bonchev–Trinajstić information content (AvgIpc) is 3.08. The Morgan fingerprint density at radius 1 is 1.19 bits per heavy atom. The number of aromatic nitrogens is 2. The topological polar surface area (TPSA) is 61.4 Å². The number of nitrogens with zero attached hydrogens (tertiary/aromatic N) is 2. The van der Waals surface area contributed by atoms with Crippen molar-refractivity contribution < 1.29 is 14.2 Å². The first-order valence-electron chi connectivity index (χ1n) is 8.88. The fourth-order valence-corrected chi connectivity index (χ4v) is 3.44. The zero-order valence-electron chi connectivity index (χ0n) is 15.1. The molecule has 1 aromatic heterocycles. The summed E-state index contributed by atoms with van der Waals surface area (Å²) < 4.78 is 20.3. The largest absolute Gasteiger partial charge is 0.505 e. The number of hydrogen-bond acceptors (Lipinski definition) is 4. The van der Waals surface area contributed by atoms with Crippen LogP contribution >= 0.6 is 12.4 Å². The van der Waals surface area contributed by atoms with E-state index in [0.717, 1.165) is 37.0 Å². The van der Waals surface area contributed by atoms with E-state index in [4.69, 9.17) is 4.74 Å². The lowest BCUT2D eigenvalue weighted by molar-refractivity contribution is -0.0273. The van der Waals surface area contributed by atoms with Gasteiger partial charge >= 0.3 is 0 Å². The summed E-state index contributed by atoms with van der Waals surface area (Å²) in [7, 11) is 2.09. The smallest absolute Gasteiger partial charge is 0.165 e. The molecule has 2 aromatic carbocycles. The average molecular weight is 392 g/mol. The maximum absolute atomic E-state index is 13.9. The minimum Gasteiger partial charge on any atom is -0.505 e. The second kappa shape index (κ2) is 8.25. The molecule has 7 heteroatoms. The molecule has 0 bridgehead atoms. The van der Waals surface area contributed by atoms with Gasteiger partial charge in [0.2, 0.25) is 0 Å². The molecule has 0 saturated carbocycles. The Morgan fingerprint density at radius 2 is 1.93 bits per heavy atom. The summed E-state index contributed by atoms with van der Waals surface area (Å²) in [5.41, 5.74) is 2.09. The van der Waals surface area contributed by atoms with Crippen molar-refractivity contribution in [2.75, 3.05) is 20.1 Å². The molecular formula is C20H23ClFN3O2. The molecule has 144 valence electrons. The molecular weight excluding hydrogens is 369 g/mol. The van der Waals surface area contributed by atoms with Crippen molar-refractivity contribution >= 4 is 23.4 Å². The minimum atomic E-state index is -0.657. The Kier molecular flexibility index (Phi) is 5.99. The number of imidazole rings is 1. The minimum absolute atomic E-state index is 0. The lowest BCUT2D eigenvalue weighted by Gasteiger charge is -2.31. The number of para-hydroxylation sites is 3. The maximum Gasteiger partial charge on any atom is 0.165 e. The van der Waals surface area contributed by atoms with Crippen molar-refractivity contribution in [3.05, 3.63) is 59.7 Å². The molecule has 5 nitrogen and oxygen atoms in total. The van der Waals surface area contributed by atoms with E-state index in [9.17, 15) is 9.50 Å². The van der Waals surface area contributed by atoms with Crippen LogP contribution in [0.15, 0.2) is 42.5 Å². The second-order valence-electron chi connectivity index (χ2n) is 6.84. The normalized spacial score (nSPS) is 17.0. The van der Waals surface area contributed by atoms with Gasteiger partial charge in [0.05, 0.1) is 17.1 Å². The van der Waals surface area contributed by atoms with Gasteiger partial charge in [-0.2, -0.15) is 0 Å². The van der Waals surface area contributed by atoms with Crippen LogP contribution in [0.1, 0.15) is 30.3 Å². The molecule has 1 aliphatic heterocycles. The molecule has 0 aliphatic carbocycles. The molecule has 27 heavy (non-hydrogen) atoms. The number of H-pyrrole nitrogens is 1. The number of phenols is 1. The zero-order valence-corrected chi connectivity index (χ0v) is 15.9. The molecule has 0 amide bonds. The van der Waals surface area contributed by atoms with Gasteiger partial charge in [-0.1, -0.05) is 24.3 Å². The van der Waals surface area contributed by atoms with E-state index in [1.165, 1.54) is 6.07 Å². The predicted octanol–water partition coefficient (Wildman–Crippen LogP) is 4.03. The lowest BCUT2D eigenvalue weighted by atomic mass is 10.0. The molecule has 1 aliphatic rings. The summed E-state index contributed by atoms with van der Waals surface area (Å²) in [6.07, 6.45) is 1.17. The molecule has 2 N–H and O–H groups in total. The number of fused-ring (bicyclic) bond motifs is 1. The van der Waals surface area contributed by atoms with Gasteiger partial charge in [0.15, 0.2) is 11.6 Å². The number of benzene rings is 2. The highest BCUT2D eigenvalue weighted by atomic mass is 35.5. The Hall–Kier alpha value is -2.15. The highest BCUT2D eigenvalue weighted by Gasteiger charge is 2.28. The molecule has 2 heterocycles. The van der Waals surface area contributed by atoms with Crippen molar-refractivity contribution in [1.29, 1.82) is 0 Å². The summed E-state index contributed by atoms with van der Waals surface area (Å²) in [4.78, 5) is 10.1. The number of halogens is 2. The molecule has 0 unspecified atom stereocenters. The SMILES string of the molecule is CN1CCC(O[C@H](c2nc3ccccc3[nH]2)c2cccc(F)c2O)CC1.Cl. The molecule has 1 atom stereocenters. The van der Waals surface area contributed by atoms with Crippen molar-refractivity contribution in [1.82, 2.24) is 14.9 Å². The quantitative estimate of drug-likeness (QED) is 0.705. The number of rotatable bonds is 4. The van der Waals surface area contributed by atoms with E-state index >= 15 is 0 Å². The summed E-state index contributed by atoms with van der Waals surface area (Å²) in [5.74, 6) is -0.465. The van der Waals surface area contributed by atoms with Crippen LogP contribution in [0.2, 0.25) is 0 Å². The number of phenolic OH excluding ortho intramolecular Hbond substituents is 1. The number of piperidine rings is 1. The standard InChI is InChI=1S/C20H22FN3O2.ClH/c1-24-11-9-13(10-12-24)26-19(14-5-4-6-15(21)18(14)25)20-22-16-7-2-3-8-17(16)23-20;/h2-8,13,19,25H,9-12H2,1H3,(H,22,23);1H/t19-;/m0./s1. The van der Waals surface area contributed by atoms with Crippen molar-refractivity contribution in [2.24, 2.45) is 0 Å². The van der Waals surface area contributed by atoms with Gasteiger partial charge < -0.3 is 19.7 Å². The number of likely N-dealkylation sites (tertiary alicyclic amines) is 1. The number of aromatic hydroxyl groups is 1. The third-order valence-corrected chi connectivity index (χ3v) is 4.95. The van der Waals surface area contributed by atoms with Crippen LogP contribution in [0.3, 0.4) is 0 Å². The van der Waals surface area contributed by atoms with Gasteiger partial charge in [-0.25, -0.2) is 9.37 Å². The van der Waals surface area contributed by atoms with Gasteiger partial charge in [0.25, 0.3) is 0 Å². The van der Waals surface area contributed by atoms with Crippen LogP contribution in [0.5, 0.6) is 5.75 Å². The Balaban J connectivity index is 0.00000210. The van der Waals surface area contributed by atoms with Crippen molar-refractivity contribution in [3.63, 3.8) is 0 Å². The highest BCUT2D eigenvalue weighted by Crippen LogP contribution is 2.35. The van der Waals surface area contributed by atoms with E-state index in [0.29, 0.717) is 11.4 Å². The van der Waals surface area contributed by atoms with Gasteiger partial charge in [-0.05, 0) is 38.1 Å². The van der Waals surface area contributed by atoms with Crippen LogP contribution in [-0.4, -0.2) is 46.2 Å². The Bertz CT molecular complexity index is 876. The monoisotopic (exact) mass is 391 g/mol. The van der Waals surface area contributed by atoms with Crippen molar-refractivity contribution in [3.8, 4) is 5.75 Å². The number of nitrogens with one attached hydrogen (secondary N) is 1. The number of ether oxygens (including phenoxy) is 1. The molecule has 4 rings (SSSR count). The fourth-order valence-electron chi connectivity index (χ4n) is 3.44. The Morgan fingerprint density at radius 3 is 2.67 bits per heavy atom. The molecule has 3 aromatic rings. The number of hydrogen-bond donors (Lipinski definition) is 2. The van der Waals surface area contributed by atoms with E-state index in [1.807, 2.05) is 24.3 Å². The van der Waals surface area contributed by atoms with E-state index in [-0.39, 0.29) is 24.3 Å². The summed E-state index contributed by atoms with van der Waals surface area (Å²) in [6.45, 7) is 1.90.